The van der Waals surface area contributed by atoms with Crippen LogP contribution in [-0.4, -0.2) is 56.4 Å². The standard InChI is InChI=1S/C23H27N3O3.ClH/c1-29-22-5-3-2-4-20(22)26-14-12-25(13-15-26)11-10-21(27)18-6-8-19-17(16-18)7-9-23(28)24-19;/h2-6,8,16H,7,9-15H2,1H3,(H,24,28);1H. The zero-order valence-electron chi connectivity index (χ0n) is 17.2. The Balaban J connectivity index is 0.00000256. The van der Waals surface area contributed by atoms with Crippen LogP contribution in [0.1, 0.15) is 28.8 Å². The number of para-hydroxylation sites is 2. The van der Waals surface area contributed by atoms with Gasteiger partial charge in [0, 0.05) is 56.8 Å². The Kier molecular flexibility index (Phi) is 7.34. The fraction of sp³-hybridized carbons (Fsp3) is 0.391. The van der Waals surface area contributed by atoms with Gasteiger partial charge in [0.2, 0.25) is 5.91 Å². The molecule has 2 aromatic carbocycles. The number of methoxy groups -OCH3 is 1. The summed E-state index contributed by atoms with van der Waals surface area (Å²) in [7, 11) is 1.70. The number of nitrogens with zero attached hydrogens (tertiary/aromatic N) is 2. The van der Waals surface area contributed by atoms with Crippen LogP contribution in [0.15, 0.2) is 42.5 Å². The molecule has 1 amide bonds. The Hall–Kier alpha value is -2.57. The van der Waals surface area contributed by atoms with Crippen LogP contribution < -0.4 is 15.0 Å². The van der Waals surface area contributed by atoms with Crippen molar-refractivity contribution in [3.63, 3.8) is 0 Å². The summed E-state index contributed by atoms with van der Waals surface area (Å²) in [6.07, 6.45) is 1.70. The van der Waals surface area contributed by atoms with Crippen LogP contribution in [0.25, 0.3) is 0 Å². The molecule has 0 spiro atoms. The van der Waals surface area contributed by atoms with E-state index in [2.05, 4.69) is 21.2 Å². The Bertz CT molecular complexity index is 910. The molecule has 2 aromatic rings. The van der Waals surface area contributed by atoms with Crippen molar-refractivity contribution in [1.82, 2.24) is 4.90 Å². The van der Waals surface area contributed by atoms with Crippen molar-refractivity contribution in [3.8, 4) is 5.75 Å². The number of rotatable bonds is 6. The number of Topliss-reactive ketones (excluding diaryl/α,β-unsaturated/α-hetero) is 1. The van der Waals surface area contributed by atoms with Crippen molar-refractivity contribution in [2.24, 2.45) is 0 Å². The van der Waals surface area contributed by atoms with Gasteiger partial charge in [0.15, 0.2) is 5.78 Å². The lowest BCUT2D eigenvalue weighted by Crippen LogP contribution is -2.47. The van der Waals surface area contributed by atoms with Gasteiger partial charge in [-0.25, -0.2) is 0 Å². The van der Waals surface area contributed by atoms with E-state index in [1.165, 1.54) is 0 Å². The predicted octanol–water partition coefficient (Wildman–Crippen LogP) is 3.40. The molecule has 0 aliphatic carbocycles. The van der Waals surface area contributed by atoms with Gasteiger partial charge in [-0.2, -0.15) is 0 Å². The van der Waals surface area contributed by atoms with Crippen molar-refractivity contribution >= 4 is 35.5 Å². The predicted molar refractivity (Wildman–Crippen MR) is 121 cm³/mol. The highest BCUT2D eigenvalue weighted by molar-refractivity contribution is 5.99. The molecule has 0 saturated carbocycles. The van der Waals surface area contributed by atoms with E-state index in [0.29, 0.717) is 19.3 Å². The van der Waals surface area contributed by atoms with Crippen LogP contribution in [0.2, 0.25) is 0 Å². The highest BCUT2D eigenvalue weighted by Gasteiger charge is 2.21. The number of anilines is 2. The average molecular weight is 430 g/mol. The number of carbonyl (C=O) groups excluding carboxylic acids is 2. The Labute approximate surface area is 183 Å². The molecule has 1 N–H and O–H groups in total. The van der Waals surface area contributed by atoms with E-state index >= 15 is 0 Å². The zero-order chi connectivity index (χ0) is 20.2. The summed E-state index contributed by atoms with van der Waals surface area (Å²) in [5.41, 5.74) is 3.77. The van der Waals surface area contributed by atoms with E-state index in [4.69, 9.17) is 4.74 Å². The maximum Gasteiger partial charge on any atom is 0.224 e. The maximum atomic E-state index is 12.7. The third kappa shape index (κ3) is 4.94. The van der Waals surface area contributed by atoms with E-state index in [1.807, 2.05) is 36.4 Å². The third-order valence-electron chi connectivity index (χ3n) is 5.78. The summed E-state index contributed by atoms with van der Waals surface area (Å²) in [4.78, 5) is 28.8. The number of ether oxygens (including phenoxy) is 1. The first kappa shape index (κ1) is 22.1. The second-order valence-electron chi connectivity index (χ2n) is 7.59. The molecule has 4 rings (SSSR count). The van der Waals surface area contributed by atoms with E-state index in [-0.39, 0.29) is 24.1 Å². The molecule has 160 valence electrons. The zero-order valence-corrected chi connectivity index (χ0v) is 18.0. The molecule has 0 aromatic heterocycles. The molecule has 30 heavy (non-hydrogen) atoms. The van der Waals surface area contributed by atoms with E-state index in [9.17, 15) is 9.59 Å². The van der Waals surface area contributed by atoms with Crippen molar-refractivity contribution < 1.29 is 14.3 Å². The third-order valence-corrected chi connectivity index (χ3v) is 5.78. The summed E-state index contributed by atoms with van der Waals surface area (Å²) in [6.45, 7) is 4.48. The van der Waals surface area contributed by atoms with Crippen LogP contribution in [0, 0.1) is 0 Å². The van der Waals surface area contributed by atoms with Gasteiger partial charge in [-0.15, -0.1) is 12.4 Å². The number of carbonyl (C=O) groups is 2. The number of amides is 1. The summed E-state index contributed by atoms with van der Waals surface area (Å²) in [6, 6.07) is 13.7. The van der Waals surface area contributed by atoms with Crippen LogP contribution in [0.4, 0.5) is 11.4 Å². The number of piperazine rings is 1. The Morgan fingerprint density at radius 1 is 1.07 bits per heavy atom. The van der Waals surface area contributed by atoms with Crippen LogP contribution in [0.5, 0.6) is 5.75 Å². The number of ketones is 1. The molecule has 1 fully saturated rings. The number of halogens is 1. The lowest BCUT2D eigenvalue weighted by Gasteiger charge is -2.36. The SMILES string of the molecule is COc1ccccc1N1CCN(CCC(=O)c2ccc3c(c2)CCC(=O)N3)CC1.Cl. The number of aryl methyl sites for hydroxylation is 1. The second-order valence-corrected chi connectivity index (χ2v) is 7.59. The largest absolute Gasteiger partial charge is 0.495 e. The smallest absolute Gasteiger partial charge is 0.224 e. The quantitative estimate of drug-likeness (QED) is 0.713. The lowest BCUT2D eigenvalue weighted by molar-refractivity contribution is -0.116. The summed E-state index contributed by atoms with van der Waals surface area (Å²) in [5.74, 6) is 1.11. The van der Waals surface area contributed by atoms with Crippen LogP contribution in [0.3, 0.4) is 0 Å². The number of benzene rings is 2. The molecule has 6 nitrogen and oxygen atoms in total. The Morgan fingerprint density at radius 3 is 2.60 bits per heavy atom. The van der Waals surface area contributed by atoms with Gasteiger partial charge in [0.25, 0.3) is 0 Å². The average Bonchev–Trinajstić information content (AvgIpc) is 2.77. The van der Waals surface area contributed by atoms with Gasteiger partial charge in [-0.3, -0.25) is 14.5 Å². The summed E-state index contributed by atoms with van der Waals surface area (Å²) >= 11 is 0. The van der Waals surface area contributed by atoms with Gasteiger partial charge < -0.3 is 15.0 Å². The van der Waals surface area contributed by atoms with Gasteiger partial charge in [0.1, 0.15) is 5.75 Å². The fourth-order valence-corrected chi connectivity index (χ4v) is 4.06. The number of hydrogen-bond donors (Lipinski definition) is 1. The highest BCUT2D eigenvalue weighted by Crippen LogP contribution is 2.28. The van der Waals surface area contributed by atoms with Crippen molar-refractivity contribution in [2.45, 2.75) is 19.3 Å². The van der Waals surface area contributed by atoms with Crippen LogP contribution >= 0.6 is 12.4 Å². The minimum Gasteiger partial charge on any atom is -0.495 e. The topological polar surface area (TPSA) is 61.9 Å². The van der Waals surface area contributed by atoms with Crippen LogP contribution in [-0.2, 0) is 11.2 Å². The molecule has 2 aliphatic heterocycles. The van der Waals surface area contributed by atoms with Crippen molar-refractivity contribution in [1.29, 1.82) is 0 Å². The minimum atomic E-state index is 0. The van der Waals surface area contributed by atoms with E-state index in [0.717, 1.165) is 61.0 Å². The lowest BCUT2D eigenvalue weighted by atomic mass is 9.98. The van der Waals surface area contributed by atoms with Gasteiger partial charge in [0.05, 0.1) is 12.8 Å². The van der Waals surface area contributed by atoms with Crippen molar-refractivity contribution in [2.75, 3.05) is 50.1 Å². The highest BCUT2D eigenvalue weighted by atomic mass is 35.5. The first-order valence-electron chi connectivity index (χ1n) is 10.2. The molecular formula is C23H28ClN3O3. The van der Waals surface area contributed by atoms with Crippen molar-refractivity contribution in [3.05, 3.63) is 53.6 Å². The van der Waals surface area contributed by atoms with E-state index < -0.39 is 0 Å². The molecule has 0 bridgehead atoms. The molecule has 0 atom stereocenters. The fourth-order valence-electron chi connectivity index (χ4n) is 4.06. The molecular weight excluding hydrogens is 402 g/mol. The summed E-state index contributed by atoms with van der Waals surface area (Å²) < 4.78 is 5.48. The summed E-state index contributed by atoms with van der Waals surface area (Å²) in [5, 5.41) is 2.86. The monoisotopic (exact) mass is 429 g/mol. The molecule has 0 radical (unpaired) electrons. The molecule has 2 heterocycles. The molecule has 7 heteroatoms. The molecule has 1 saturated heterocycles. The van der Waals surface area contributed by atoms with E-state index in [1.54, 1.807) is 7.11 Å². The molecule has 2 aliphatic rings. The first-order valence-corrected chi connectivity index (χ1v) is 10.2. The first-order chi connectivity index (χ1) is 14.1. The number of fused-ring (bicyclic) bond motifs is 1. The van der Waals surface area contributed by atoms with Gasteiger partial charge in [-0.1, -0.05) is 12.1 Å². The van der Waals surface area contributed by atoms with Gasteiger partial charge >= 0.3 is 0 Å². The maximum absolute atomic E-state index is 12.7. The number of nitrogens with one attached hydrogen (secondary N) is 1. The number of hydrogen-bond acceptors (Lipinski definition) is 5. The normalized spacial score (nSPS) is 16.3. The second kappa shape index (κ2) is 9.96. The molecule has 0 unspecified atom stereocenters. The van der Waals surface area contributed by atoms with Gasteiger partial charge in [-0.05, 0) is 42.3 Å². The minimum absolute atomic E-state index is 0. The Morgan fingerprint density at radius 2 is 1.83 bits per heavy atom.